The Morgan fingerprint density at radius 2 is 1.90 bits per heavy atom. The molecule has 0 radical (unpaired) electrons. The quantitative estimate of drug-likeness (QED) is 0.889. The van der Waals surface area contributed by atoms with Crippen LogP contribution in [0, 0.1) is 18.3 Å². The molecule has 0 aliphatic carbocycles. The van der Waals surface area contributed by atoms with Gasteiger partial charge in [0.05, 0.1) is 17.2 Å². The fourth-order valence-corrected chi connectivity index (χ4v) is 3.07. The Labute approximate surface area is 129 Å². The first-order valence-corrected chi connectivity index (χ1v) is 7.33. The molecule has 2 aromatic rings. The number of nitriles is 1. The van der Waals surface area contributed by atoms with Crippen LogP contribution < -0.4 is 0 Å². The summed E-state index contributed by atoms with van der Waals surface area (Å²) < 4.78 is 0.561. The van der Waals surface area contributed by atoms with Gasteiger partial charge in [-0.2, -0.15) is 5.26 Å². The molecule has 100 valence electrons. The van der Waals surface area contributed by atoms with Gasteiger partial charge in [0.1, 0.15) is 0 Å². The van der Waals surface area contributed by atoms with Crippen LogP contribution in [0.2, 0.25) is 0 Å². The molecule has 20 heavy (non-hydrogen) atoms. The molecule has 5 heteroatoms. The van der Waals surface area contributed by atoms with Crippen LogP contribution in [0.4, 0.5) is 0 Å². The smallest absolute Gasteiger partial charge is 0.336 e. The number of nitrogens with zero attached hydrogens (tertiary/aromatic N) is 1. The van der Waals surface area contributed by atoms with Gasteiger partial charge in [-0.25, -0.2) is 4.79 Å². The topological polar surface area (TPSA) is 61.1 Å². The standard InChI is InChI=1S/C15H10BrNO2S/c1-9-6-11(3-2-10(9)8-17)20-12-4-5-14(16)13(7-12)15(18)19/h2-7H,1H3,(H,18,19). The molecule has 0 fully saturated rings. The molecule has 0 heterocycles. The van der Waals surface area contributed by atoms with E-state index in [1.807, 2.05) is 25.1 Å². The van der Waals surface area contributed by atoms with Crippen molar-refractivity contribution in [3.8, 4) is 6.07 Å². The zero-order chi connectivity index (χ0) is 14.7. The SMILES string of the molecule is Cc1cc(Sc2ccc(Br)c(C(=O)O)c2)ccc1C#N. The fraction of sp³-hybridized carbons (Fsp3) is 0.0667. The Kier molecular flexibility index (Phi) is 4.48. The maximum Gasteiger partial charge on any atom is 0.336 e. The summed E-state index contributed by atoms with van der Waals surface area (Å²) in [6.45, 7) is 1.88. The van der Waals surface area contributed by atoms with Gasteiger partial charge in [-0.3, -0.25) is 0 Å². The molecular weight excluding hydrogens is 338 g/mol. The van der Waals surface area contributed by atoms with E-state index in [0.29, 0.717) is 10.0 Å². The van der Waals surface area contributed by atoms with E-state index in [1.165, 1.54) is 11.8 Å². The molecule has 0 aliphatic heterocycles. The zero-order valence-corrected chi connectivity index (χ0v) is 13.0. The first kappa shape index (κ1) is 14.6. The van der Waals surface area contributed by atoms with Gasteiger partial charge in [0, 0.05) is 14.3 Å². The molecule has 0 aromatic heterocycles. The van der Waals surface area contributed by atoms with Gasteiger partial charge in [0.2, 0.25) is 0 Å². The Morgan fingerprint density at radius 1 is 1.25 bits per heavy atom. The van der Waals surface area contributed by atoms with Crippen LogP contribution in [-0.4, -0.2) is 11.1 Å². The molecule has 0 aliphatic rings. The van der Waals surface area contributed by atoms with E-state index in [1.54, 1.807) is 18.2 Å². The van der Waals surface area contributed by atoms with Crippen molar-refractivity contribution in [2.75, 3.05) is 0 Å². The highest BCUT2D eigenvalue weighted by Crippen LogP contribution is 2.31. The lowest BCUT2D eigenvalue weighted by atomic mass is 10.1. The monoisotopic (exact) mass is 347 g/mol. The third-order valence-electron chi connectivity index (χ3n) is 2.72. The zero-order valence-electron chi connectivity index (χ0n) is 10.6. The minimum absolute atomic E-state index is 0.236. The van der Waals surface area contributed by atoms with Crippen molar-refractivity contribution < 1.29 is 9.90 Å². The minimum Gasteiger partial charge on any atom is -0.478 e. The van der Waals surface area contributed by atoms with Crippen molar-refractivity contribution in [3.05, 3.63) is 57.6 Å². The third kappa shape index (κ3) is 3.21. The highest BCUT2D eigenvalue weighted by molar-refractivity contribution is 9.10. The largest absolute Gasteiger partial charge is 0.478 e. The van der Waals surface area contributed by atoms with Gasteiger partial charge in [0.25, 0.3) is 0 Å². The number of aryl methyl sites for hydroxylation is 1. The molecule has 3 nitrogen and oxygen atoms in total. The van der Waals surface area contributed by atoms with Gasteiger partial charge in [0.15, 0.2) is 0 Å². The van der Waals surface area contributed by atoms with Crippen LogP contribution in [0.1, 0.15) is 21.5 Å². The fourth-order valence-electron chi connectivity index (χ4n) is 1.69. The number of hydrogen-bond donors (Lipinski definition) is 1. The van der Waals surface area contributed by atoms with E-state index < -0.39 is 5.97 Å². The predicted octanol–water partition coefficient (Wildman–Crippen LogP) is 4.48. The van der Waals surface area contributed by atoms with E-state index in [2.05, 4.69) is 22.0 Å². The molecule has 0 spiro atoms. The Morgan fingerprint density at radius 3 is 2.50 bits per heavy atom. The van der Waals surface area contributed by atoms with Crippen molar-refractivity contribution in [2.24, 2.45) is 0 Å². The summed E-state index contributed by atoms with van der Waals surface area (Å²) in [7, 11) is 0. The molecule has 0 atom stereocenters. The number of carboxylic acid groups (broad SMARTS) is 1. The van der Waals surface area contributed by atoms with Crippen molar-refractivity contribution >= 4 is 33.7 Å². The van der Waals surface area contributed by atoms with Crippen molar-refractivity contribution in [2.45, 2.75) is 16.7 Å². The molecule has 1 N–H and O–H groups in total. The van der Waals surface area contributed by atoms with Crippen LogP contribution in [0.3, 0.4) is 0 Å². The lowest BCUT2D eigenvalue weighted by molar-refractivity contribution is 0.0695. The number of hydrogen-bond acceptors (Lipinski definition) is 3. The van der Waals surface area contributed by atoms with Crippen molar-refractivity contribution in [1.29, 1.82) is 5.26 Å². The van der Waals surface area contributed by atoms with Gasteiger partial charge in [-0.15, -0.1) is 0 Å². The number of rotatable bonds is 3. The summed E-state index contributed by atoms with van der Waals surface area (Å²) in [6.07, 6.45) is 0. The highest BCUT2D eigenvalue weighted by atomic mass is 79.9. The van der Waals surface area contributed by atoms with Crippen LogP contribution in [0.5, 0.6) is 0 Å². The summed E-state index contributed by atoms with van der Waals surface area (Å²) in [5, 5.41) is 18.0. The van der Waals surface area contributed by atoms with E-state index >= 15 is 0 Å². The molecule has 0 saturated carbocycles. The summed E-state index contributed by atoms with van der Waals surface area (Å²) in [6, 6.07) is 12.9. The second-order valence-corrected chi connectivity index (χ2v) is 6.14. The maximum atomic E-state index is 11.1. The van der Waals surface area contributed by atoms with Gasteiger partial charge < -0.3 is 5.11 Å². The lowest BCUT2D eigenvalue weighted by Crippen LogP contribution is -1.97. The van der Waals surface area contributed by atoms with Crippen LogP contribution in [-0.2, 0) is 0 Å². The highest BCUT2D eigenvalue weighted by Gasteiger charge is 2.10. The Balaban J connectivity index is 2.31. The van der Waals surface area contributed by atoms with Crippen molar-refractivity contribution in [3.63, 3.8) is 0 Å². The van der Waals surface area contributed by atoms with E-state index in [4.69, 9.17) is 10.4 Å². The molecule has 2 rings (SSSR count). The number of halogens is 1. The second-order valence-electron chi connectivity index (χ2n) is 4.14. The summed E-state index contributed by atoms with van der Waals surface area (Å²) in [5.41, 5.74) is 1.80. The van der Waals surface area contributed by atoms with Crippen LogP contribution in [0.25, 0.3) is 0 Å². The van der Waals surface area contributed by atoms with Crippen LogP contribution in [0.15, 0.2) is 50.7 Å². The van der Waals surface area contributed by atoms with E-state index in [9.17, 15) is 4.79 Å². The first-order chi connectivity index (χ1) is 9.51. The molecule has 2 aromatic carbocycles. The summed E-state index contributed by atoms with van der Waals surface area (Å²) in [5.74, 6) is -0.963. The average Bonchev–Trinajstić information content (AvgIpc) is 2.41. The molecule has 0 bridgehead atoms. The lowest BCUT2D eigenvalue weighted by Gasteiger charge is -2.06. The maximum absolute atomic E-state index is 11.1. The first-order valence-electron chi connectivity index (χ1n) is 5.72. The summed E-state index contributed by atoms with van der Waals surface area (Å²) in [4.78, 5) is 12.9. The molecular formula is C15H10BrNO2S. The molecule has 0 unspecified atom stereocenters. The Hall–Kier alpha value is -1.77. The second kappa shape index (κ2) is 6.12. The number of carbonyl (C=O) groups is 1. The van der Waals surface area contributed by atoms with Gasteiger partial charge in [-0.05, 0) is 64.8 Å². The molecule has 0 saturated heterocycles. The molecule has 0 amide bonds. The normalized spacial score (nSPS) is 10.1. The average molecular weight is 348 g/mol. The predicted molar refractivity (Wildman–Crippen MR) is 81.1 cm³/mol. The number of benzene rings is 2. The van der Waals surface area contributed by atoms with E-state index in [0.717, 1.165) is 15.4 Å². The minimum atomic E-state index is -0.963. The van der Waals surface area contributed by atoms with Gasteiger partial charge >= 0.3 is 5.97 Å². The van der Waals surface area contributed by atoms with E-state index in [-0.39, 0.29) is 5.56 Å². The third-order valence-corrected chi connectivity index (χ3v) is 4.39. The Bertz CT molecular complexity index is 722. The van der Waals surface area contributed by atoms with Gasteiger partial charge in [-0.1, -0.05) is 11.8 Å². The number of aromatic carboxylic acids is 1. The van der Waals surface area contributed by atoms with Crippen molar-refractivity contribution in [1.82, 2.24) is 0 Å². The number of carboxylic acids is 1. The summed E-state index contributed by atoms with van der Waals surface area (Å²) >= 11 is 4.69. The van der Waals surface area contributed by atoms with Crippen LogP contribution >= 0.6 is 27.7 Å².